The number of hydrogen-bond acceptors (Lipinski definition) is 5. The average Bonchev–Trinajstić information content (AvgIpc) is 3.18. The van der Waals surface area contributed by atoms with Crippen LogP contribution in [0.2, 0.25) is 0 Å². The number of benzene rings is 1. The van der Waals surface area contributed by atoms with Gasteiger partial charge in [-0.25, -0.2) is 0 Å². The van der Waals surface area contributed by atoms with Gasteiger partial charge in [-0.1, -0.05) is 18.2 Å². The third-order valence-corrected chi connectivity index (χ3v) is 8.95. The number of aromatic amines is 1. The molecular formula is C28H30N4O3S. The monoisotopic (exact) mass is 502 g/mol. The number of para-hydroxylation sites is 1. The molecule has 1 aliphatic carbocycles. The van der Waals surface area contributed by atoms with Gasteiger partial charge in [-0.05, 0) is 57.4 Å². The number of thiophene rings is 1. The first-order chi connectivity index (χ1) is 17.1. The second-order valence-electron chi connectivity index (χ2n) is 10.6. The zero-order valence-corrected chi connectivity index (χ0v) is 21.8. The van der Waals surface area contributed by atoms with Crippen molar-refractivity contribution in [2.24, 2.45) is 7.05 Å². The van der Waals surface area contributed by atoms with Crippen LogP contribution in [0.1, 0.15) is 54.5 Å². The number of carbonyl (C=O) groups excluding carboxylic acids is 1. The summed E-state index contributed by atoms with van der Waals surface area (Å²) < 4.78 is 1.56. The Hall–Kier alpha value is -3.36. The SMILES string of the molecule is CCNC(=O)c1cc2c(-c3sc(C(C)(C)O)cc3N3CC4(CC4)c4ccccc43)cn(C)c(=O)c2[nH]1. The molecule has 7 nitrogen and oxygen atoms in total. The van der Waals surface area contributed by atoms with Crippen LogP contribution < -0.4 is 15.8 Å². The first kappa shape index (κ1) is 23.1. The van der Waals surface area contributed by atoms with Gasteiger partial charge in [0.25, 0.3) is 11.5 Å². The predicted octanol–water partition coefficient (Wildman–Crippen LogP) is 4.76. The topological polar surface area (TPSA) is 90.4 Å². The molecule has 4 heterocycles. The number of H-pyrrole nitrogens is 1. The standard InChI is InChI=1S/C28H30N4O3S/c1-5-29-25(33)19-12-16-17(14-31(4)26(34)23(16)30-19)24-21(13-22(36-24)27(2,3)35)32-15-28(10-11-28)18-8-6-7-9-20(18)32/h6-9,12-14,30,35H,5,10-11,15H2,1-4H3,(H,29,33). The van der Waals surface area contributed by atoms with Gasteiger partial charge in [0.2, 0.25) is 0 Å². The largest absolute Gasteiger partial charge is 0.385 e. The van der Waals surface area contributed by atoms with E-state index in [0.29, 0.717) is 23.1 Å². The molecule has 2 aliphatic rings. The van der Waals surface area contributed by atoms with Crippen LogP contribution in [-0.2, 0) is 18.1 Å². The Morgan fingerprint density at radius 3 is 2.67 bits per heavy atom. The van der Waals surface area contributed by atoms with Crippen molar-refractivity contribution in [3.05, 3.63) is 69.1 Å². The molecule has 8 heteroatoms. The maximum absolute atomic E-state index is 13.0. The van der Waals surface area contributed by atoms with E-state index in [2.05, 4.69) is 45.5 Å². The molecule has 4 aromatic rings. The summed E-state index contributed by atoms with van der Waals surface area (Å²) in [7, 11) is 1.73. The minimum Gasteiger partial charge on any atom is -0.385 e. The van der Waals surface area contributed by atoms with Gasteiger partial charge in [0, 0.05) is 53.3 Å². The van der Waals surface area contributed by atoms with Crippen LogP contribution in [0.25, 0.3) is 21.3 Å². The number of amides is 1. The Morgan fingerprint density at radius 1 is 1.22 bits per heavy atom. The fourth-order valence-corrected chi connectivity index (χ4v) is 6.58. The lowest BCUT2D eigenvalue weighted by Crippen LogP contribution is -2.23. The minimum atomic E-state index is -1.02. The van der Waals surface area contributed by atoms with Crippen molar-refractivity contribution >= 4 is 39.5 Å². The Morgan fingerprint density at radius 2 is 1.97 bits per heavy atom. The van der Waals surface area contributed by atoms with E-state index in [1.54, 1.807) is 31.5 Å². The smallest absolute Gasteiger partial charge is 0.274 e. The van der Waals surface area contributed by atoms with E-state index in [1.807, 2.05) is 13.1 Å². The van der Waals surface area contributed by atoms with Gasteiger partial charge in [-0.15, -0.1) is 11.3 Å². The van der Waals surface area contributed by atoms with Crippen molar-refractivity contribution in [2.75, 3.05) is 18.0 Å². The summed E-state index contributed by atoms with van der Waals surface area (Å²) in [6.45, 7) is 6.85. The Balaban J connectivity index is 1.60. The summed E-state index contributed by atoms with van der Waals surface area (Å²) in [5, 5.41) is 14.5. The molecule has 1 saturated carbocycles. The molecule has 1 spiro atoms. The predicted molar refractivity (Wildman–Crippen MR) is 144 cm³/mol. The van der Waals surface area contributed by atoms with Crippen molar-refractivity contribution in [3.8, 4) is 10.4 Å². The molecule has 6 rings (SSSR count). The van der Waals surface area contributed by atoms with E-state index >= 15 is 0 Å². The highest BCUT2D eigenvalue weighted by Crippen LogP contribution is 2.59. The van der Waals surface area contributed by atoms with Crippen molar-refractivity contribution < 1.29 is 9.90 Å². The number of hydrogen-bond donors (Lipinski definition) is 3. The lowest BCUT2D eigenvalue weighted by molar-refractivity contribution is 0.0825. The van der Waals surface area contributed by atoms with Crippen LogP contribution >= 0.6 is 11.3 Å². The van der Waals surface area contributed by atoms with Gasteiger partial charge in [-0.2, -0.15) is 0 Å². The Bertz CT molecular complexity index is 1580. The second kappa shape index (κ2) is 7.82. The molecular weight excluding hydrogens is 472 g/mol. The molecule has 1 fully saturated rings. The number of aryl methyl sites for hydroxylation is 1. The Kier molecular flexibility index (Phi) is 5.01. The zero-order chi connectivity index (χ0) is 25.4. The lowest BCUT2D eigenvalue weighted by Gasteiger charge is -2.21. The van der Waals surface area contributed by atoms with E-state index in [9.17, 15) is 14.7 Å². The molecule has 3 N–H and O–H groups in total. The third-order valence-electron chi connectivity index (χ3n) is 7.48. The number of aromatic nitrogens is 2. The number of fused-ring (bicyclic) bond motifs is 3. The average molecular weight is 503 g/mol. The van der Waals surface area contributed by atoms with Crippen LogP contribution in [0.3, 0.4) is 0 Å². The van der Waals surface area contributed by atoms with Crippen molar-refractivity contribution in [1.29, 1.82) is 0 Å². The number of anilines is 2. The number of pyridine rings is 1. The number of nitrogens with one attached hydrogen (secondary N) is 2. The van der Waals surface area contributed by atoms with Crippen LogP contribution in [-0.4, -0.2) is 33.7 Å². The molecule has 1 aromatic carbocycles. The number of rotatable bonds is 5. The van der Waals surface area contributed by atoms with Crippen molar-refractivity contribution in [2.45, 2.75) is 44.6 Å². The molecule has 0 unspecified atom stereocenters. The quantitative estimate of drug-likeness (QED) is 0.367. The molecule has 1 aliphatic heterocycles. The fraction of sp³-hybridized carbons (Fsp3) is 0.357. The van der Waals surface area contributed by atoms with E-state index in [1.165, 1.54) is 35.4 Å². The van der Waals surface area contributed by atoms with Crippen molar-refractivity contribution in [1.82, 2.24) is 14.9 Å². The first-order valence-corrected chi connectivity index (χ1v) is 13.2. The van der Waals surface area contributed by atoms with Crippen LogP contribution in [0, 0.1) is 0 Å². The highest BCUT2D eigenvalue weighted by Gasteiger charge is 2.52. The molecule has 0 atom stereocenters. The summed E-state index contributed by atoms with van der Waals surface area (Å²) in [5.41, 5.74) is 4.24. The fourth-order valence-electron chi connectivity index (χ4n) is 5.39. The van der Waals surface area contributed by atoms with Gasteiger partial charge < -0.3 is 24.9 Å². The molecule has 36 heavy (non-hydrogen) atoms. The van der Waals surface area contributed by atoms with Crippen LogP contribution in [0.5, 0.6) is 0 Å². The maximum atomic E-state index is 13.0. The van der Waals surface area contributed by atoms with E-state index in [4.69, 9.17) is 0 Å². The summed E-state index contributed by atoms with van der Waals surface area (Å²) in [6.07, 6.45) is 4.20. The summed E-state index contributed by atoms with van der Waals surface area (Å²) in [5.74, 6) is -0.241. The highest BCUT2D eigenvalue weighted by molar-refractivity contribution is 7.16. The molecule has 0 bridgehead atoms. The van der Waals surface area contributed by atoms with Gasteiger partial charge in [0.15, 0.2) is 0 Å². The van der Waals surface area contributed by atoms with Gasteiger partial charge in [-0.3, -0.25) is 9.59 Å². The van der Waals surface area contributed by atoms with E-state index < -0.39 is 5.60 Å². The lowest BCUT2D eigenvalue weighted by atomic mass is 9.99. The molecule has 0 radical (unpaired) electrons. The Labute approximate surface area is 213 Å². The minimum absolute atomic E-state index is 0.187. The summed E-state index contributed by atoms with van der Waals surface area (Å²) in [4.78, 5) is 32.9. The number of nitrogens with zero attached hydrogens (tertiary/aromatic N) is 2. The maximum Gasteiger partial charge on any atom is 0.274 e. The third kappa shape index (κ3) is 3.43. The second-order valence-corrected chi connectivity index (χ2v) is 11.6. The number of carbonyl (C=O) groups is 1. The van der Waals surface area contributed by atoms with E-state index in [0.717, 1.165) is 27.5 Å². The zero-order valence-electron chi connectivity index (χ0n) is 20.9. The first-order valence-electron chi connectivity index (χ1n) is 12.4. The summed E-state index contributed by atoms with van der Waals surface area (Å²) in [6, 6.07) is 12.5. The highest BCUT2D eigenvalue weighted by atomic mass is 32.1. The van der Waals surface area contributed by atoms with Crippen LogP contribution in [0.15, 0.2) is 47.4 Å². The molecule has 3 aromatic heterocycles. The summed E-state index contributed by atoms with van der Waals surface area (Å²) >= 11 is 1.54. The molecule has 186 valence electrons. The van der Waals surface area contributed by atoms with Crippen LogP contribution in [0.4, 0.5) is 11.4 Å². The van der Waals surface area contributed by atoms with Crippen molar-refractivity contribution in [3.63, 3.8) is 0 Å². The van der Waals surface area contributed by atoms with E-state index in [-0.39, 0.29) is 16.9 Å². The molecule has 1 amide bonds. The number of aliphatic hydroxyl groups is 1. The molecule has 0 saturated heterocycles. The normalized spacial score (nSPS) is 16.1. The van der Waals surface area contributed by atoms with Gasteiger partial charge in [0.05, 0.1) is 16.2 Å². The van der Waals surface area contributed by atoms with Gasteiger partial charge in [0.1, 0.15) is 11.2 Å². The van der Waals surface area contributed by atoms with Gasteiger partial charge >= 0.3 is 0 Å².